The average molecular weight is 213 g/mol. The van der Waals surface area contributed by atoms with Crippen LogP contribution in [0, 0.1) is 6.92 Å². The molecule has 1 aliphatic carbocycles. The molecule has 1 aromatic carbocycles. The highest BCUT2D eigenvalue weighted by Gasteiger charge is 2.24. The smallest absolute Gasteiger partial charge is 0.124 e. The van der Waals surface area contributed by atoms with Gasteiger partial charge in [0.15, 0.2) is 0 Å². The van der Waals surface area contributed by atoms with Gasteiger partial charge in [-0.2, -0.15) is 5.10 Å². The van der Waals surface area contributed by atoms with Crippen LogP contribution >= 0.6 is 0 Å². The molecule has 1 aromatic heterocycles. The lowest BCUT2D eigenvalue weighted by Gasteiger charge is -2.11. The van der Waals surface area contributed by atoms with Crippen LogP contribution in [0.15, 0.2) is 30.5 Å². The molecule has 0 aliphatic heterocycles. The zero-order chi connectivity index (χ0) is 11.1. The van der Waals surface area contributed by atoms with E-state index >= 15 is 0 Å². The molecule has 16 heavy (non-hydrogen) atoms. The van der Waals surface area contributed by atoms with Gasteiger partial charge in [0, 0.05) is 5.56 Å². The van der Waals surface area contributed by atoms with Crippen LogP contribution in [0.2, 0.25) is 0 Å². The standard InChI is InChI=1S/C13H15N3/c1-9-8-15-16(13(9)14)12-6-10-4-2-3-5-11(10)7-12/h2-5,8,12H,6-7,14H2,1H3. The van der Waals surface area contributed by atoms with Gasteiger partial charge in [-0.15, -0.1) is 0 Å². The van der Waals surface area contributed by atoms with Crippen molar-refractivity contribution >= 4 is 5.82 Å². The minimum atomic E-state index is 0.395. The summed E-state index contributed by atoms with van der Waals surface area (Å²) in [6, 6.07) is 8.98. The number of nitrogens with zero attached hydrogens (tertiary/aromatic N) is 2. The summed E-state index contributed by atoms with van der Waals surface area (Å²) in [5.74, 6) is 0.804. The van der Waals surface area contributed by atoms with Crippen LogP contribution in [0.1, 0.15) is 22.7 Å². The van der Waals surface area contributed by atoms with Gasteiger partial charge in [0.1, 0.15) is 5.82 Å². The largest absolute Gasteiger partial charge is 0.384 e. The van der Waals surface area contributed by atoms with E-state index in [1.165, 1.54) is 11.1 Å². The molecule has 3 rings (SSSR count). The van der Waals surface area contributed by atoms with Crippen LogP contribution in [-0.2, 0) is 12.8 Å². The quantitative estimate of drug-likeness (QED) is 0.788. The molecular weight excluding hydrogens is 198 g/mol. The Morgan fingerprint density at radius 2 is 1.88 bits per heavy atom. The Bertz CT molecular complexity index is 503. The maximum atomic E-state index is 6.02. The van der Waals surface area contributed by atoms with E-state index in [1.54, 1.807) is 0 Å². The van der Waals surface area contributed by atoms with Gasteiger partial charge in [0.05, 0.1) is 12.2 Å². The average Bonchev–Trinajstić information content (AvgIpc) is 2.84. The summed E-state index contributed by atoms with van der Waals surface area (Å²) in [4.78, 5) is 0. The first kappa shape index (κ1) is 9.46. The lowest BCUT2D eigenvalue weighted by Crippen LogP contribution is -2.13. The van der Waals surface area contributed by atoms with Crippen molar-refractivity contribution in [3.8, 4) is 0 Å². The van der Waals surface area contributed by atoms with Crippen LogP contribution in [0.25, 0.3) is 0 Å². The molecular formula is C13H15N3. The van der Waals surface area contributed by atoms with Crippen molar-refractivity contribution in [1.29, 1.82) is 0 Å². The van der Waals surface area contributed by atoms with Gasteiger partial charge in [-0.25, -0.2) is 4.68 Å². The van der Waals surface area contributed by atoms with Crippen LogP contribution < -0.4 is 5.73 Å². The summed E-state index contributed by atoms with van der Waals surface area (Å²) in [6.45, 7) is 2.00. The Balaban J connectivity index is 1.94. The molecule has 0 saturated heterocycles. The fourth-order valence-corrected chi connectivity index (χ4v) is 2.46. The molecule has 0 bridgehead atoms. The normalized spacial score (nSPS) is 15.3. The Labute approximate surface area is 94.9 Å². The monoisotopic (exact) mass is 213 g/mol. The molecule has 3 heteroatoms. The molecule has 1 heterocycles. The number of fused-ring (bicyclic) bond motifs is 1. The second kappa shape index (κ2) is 3.37. The molecule has 3 nitrogen and oxygen atoms in total. The number of hydrogen-bond donors (Lipinski definition) is 1. The first-order valence-corrected chi connectivity index (χ1v) is 5.62. The van der Waals surface area contributed by atoms with E-state index in [0.717, 1.165) is 24.2 Å². The Morgan fingerprint density at radius 1 is 1.25 bits per heavy atom. The van der Waals surface area contributed by atoms with Gasteiger partial charge >= 0.3 is 0 Å². The minimum absolute atomic E-state index is 0.395. The second-order valence-corrected chi connectivity index (χ2v) is 4.49. The van der Waals surface area contributed by atoms with Gasteiger partial charge in [-0.05, 0) is 30.9 Å². The van der Waals surface area contributed by atoms with Gasteiger partial charge in [0.25, 0.3) is 0 Å². The lowest BCUT2D eigenvalue weighted by atomic mass is 10.1. The molecule has 0 spiro atoms. The molecule has 0 saturated carbocycles. The zero-order valence-corrected chi connectivity index (χ0v) is 9.35. The number of nitrogens with two attached hydrogens (primary N) is 1. The first-order chi connectivity index (χ1) is 7.75. The predicted octanol–water partition coefficient (Wildman–Crippen LogP) is 2.11. The highest BCUT2D eigenvalue weighted by molar-refractivity contribution is 5.40. The fourth-order valence-electron chi connectivity index (χ4n) is 2.46. The molecule has 2 aromatic rings. The van der Waals surface area contributed by atoms with Gasteiger partial charge in [0.2, 0.25) is 0 Å². The lowest BCUT2D eigenvalue weighted by molar-refractivity contribution is 0.482. The number of hydrogen-bond acceptors (Lipinski definition) is 2. The fraction of sp³-hybridized carbons (Fsp3) is 0.308. The maximum Gasteiger partial charge on any atom is 0.124 e. The van der Waals surface area contributed by atoms with Crippen molar-refractivity contribution in [1.82, 2.24) is 9.78 Å². The molecule has 2 N–H and O–H groups in total. The molecule has 82 valence electrons. The predicted molar refractivity (Wildman–Crippen MR) is 64.3 cm³/mol. The van der Waals surface area contributed by atoms with Crippen LogP contribution in [0.5, 0.6) is 0 Å². The molecule has 0 atom stereocenters. The van der Waals surface area contributed by atoms with E-state index in [1.807, 2.05) is 17.8 Å². The molecule has 0 amide bonds. The highest BCUT2D eigenvalue weighted by atomic mass is 15.3. The van der Waals surface area contributed by atoms with Crippen molar-refractivity contribution in [2.75, 3.05) is 5.73 Å². The van der Waals surface area contributed by atoms with Crippen molar-refractivity contribution in [3.63, 3.8) is 0 Å². The van der Waals surface area contributed by atoms with E-state index in [2.05, 4.69) is 29.4 Å². The second-order valence-electron chi connectivity index (χ2n) is 4.49. The Kier molecular flexibility index (Phi) is 1.99. The highest BCUT2D eigenvalue weighted by Crippen LogP contribution is 2.31. The van der Waals surface area contributed by atoms with Crippen molar-refractivity contribution in [3.05, 3.63) is 47.2 Å². The summed E-state index contributed by atoms with van der Waals surface area (Å²) >= 11 is 0. The number of aryl methyl sites for hydroxylation is 1. The van der Waals surface area contributed by atoms with Crippen molar-refractivity contribution in [2.24, 2.45) is 0 Å². The van der Waals surface area contributed by atoms with Gasteiger partial charge in [-0.3, -0.25) is 0 Å². The third-order valence-corrected chi connectivity index (χ3v) is 3.40. The minimum Gasteiger partial charge on any atom is -0.384 e. The Hall–Kier alpha value is -1.77. The zero-order valence-electron chi connectivity index (χ0n) is 9.35. The van der Waals surface area contributed by atoms with E-state index in [0.29, 0.717) is 6.04 Å². The number of benzene rings is 1. The number of nitrogen functional groups attached to an aromatic ring is 1. The molecule has 1 aliphatic rings. The number of aromatic nitrogens is 2. The van der Waals surface area contributed by atoms with Crippen LogP contribution in [0.4, 0.5) is 5.82 Å². The van der Waals surface area contributed by atoms with E-state index < -0.39 is 0 Å². The summed E-state index contributed by atoms with van der Waals surface area (Å²) < 4.78 is 1.97. The van der Waals surface area contributed by atoms with Crippen molar-refractivity contribution in [2.45, 2.75) is 25.8 Å². The van der Waals surface area contributed by atoms with Gasteiger partial charge in [-0.1, -0.05) is 24.3 Å². The topological polar surface area (TPSA) is 43.8 Å². The maximum absolute atomic E-state index is 6.02. The summed E-state index contributed by atoms with van der Waals surface area (Å²) in [5.41, 5.74) is 9.94. The SMILES string of the molecule is Cc1cnn(C2Cc3ccccc3C2)c1N. The van der Waals surface area contributed by atoms with Crippen LogP contribution in [0.3, 0.4) is 0 Å². The number of rotatable bonds is 1. The first-order valence-electron chi connectivity index (χ1n) is 5.62. The van der Waals surface area contributed by atoms with E-state index in [-0.39, 0.29) is 0 Å². The van der Waals surface area contributed by atoms with Crippen LogP contribution in [-0.4, -0.2) is 9.78 Å². The van der Waals surface area contributed by atoms with Crippen molar-refractivity contribution < 1.29 is 0 Å². The summed E-state index contributed by atoms with van der Waals surface area (Å²) in [7, 11) is 0. The third kappa shape index (κ3) is 1.32. The molecule has 0 unspecified atom stereocenters. The molecule has 0 fully saturated rings. The van der Waals surface area contributed by atoms with E-state index in [4.69, 9.17) is 5.73 Å². The summed E-state index contributed by atoms with van der Waals surface area (Å²) in [5, 5.41) is 4.37. The Morgan fingerprint density at radius 3 is 2.38 bits per heavy atom. The third-order valence-electron chi connectivity index (χ3n) is 3.40. The van der Waals surface area contributed by atoms with Gasteiger partial charge < -0.3 is 5.73 Å². The molecule has 0 radical (unpaired) electrons. The van der Waals surface area contributed by atoms with E-state index in [9.17, 15) is 0 Å². The summed E-state index contributed by atoms with van der Waals surface area (Å²) in [6.07, 6.45) is 3.93. The number of anilines is 1.